The fourth-order valence-electron chi connectivity index (χ4n) is 3.73. The summed E-state index contributed by atoms with van der Waals surface area (Å²) < 4.78 is 7.22. The van der Waals surface area contributed by atoms with Gasteiger partial charge in [0, 0.05) is 21.8 Å². The Labute approximate surface area is 173 Å². The van der Waals surface area contributed by atoms with E-state index >= 15 is 0 Å². The van der Waals surface area contributed by atoms with E-state index in [2.05, 4.69) is 24.4 Å². The molecule has 0 saturated heterocycles. The molecule has 0 unspecified atom stereocenters. The zero-order chi connectivity index (χ0) is 20.0. The molecule has 0 fully saturated rings. The first-order valence-corrected chi connectivity index (χ1v) is 9.72. The molecule has 0 amide bonds. The Bertz CT molecular complexity index is 1180. The van der Waals surface area contributed by atoms with Gasteiger partial charge in [-0.2, -0.15) is 0 Å². The number of ether oxygens (including phenoxy) is 1. The van der Waals surface area contributed by atoms with Crippen molar-refractivity contribution in [3.05, 3.63) is 83.4 Å². The van der Waals surface area contributed by atoms with E-state index in [0.717, 1.165) is 34.0 Å². The quantitative estimate of drug-likeness (QED) is 0.497. The fourth-order valence-corrected chi connectivity index (χ4v) is 3.86. The van der Waals surface area contributed by atoms with E-state index in [0.29, 0.717) is 10.8 Å². The summed E-state index contributed by atoms with van der Waals surface area (Å²) in [4.78, 5) is 4.90. The van der Waals surface area contributed by atoms with Gasteiger partial charge in [0.2, 0.25) is 0 Å². The maximum absolute atomic E-state index is 6.12. The molecule has 0 spiro atoms. The number of aromatic nitrogens is 3. The Morgan fingerprint density at radius 1 is 0.966 bits per heavy atom. The minimum atomic E-state index is -0.605. The van der Waals surface area contributed by atoms with Crippen molar-refractivity contribution in [2.75, 3.05) is 12.4 Å². The van der Waals surface area contributed by atoms with E-state index in [1.54, 1.807) is 7.11 Å². The average molecular weight is 403 g/mol. The first-order chi connectivity index (χ1) is 14.1. The molecule has 3 aromatic carbocycles. The van der Waals surface area contributed by atoms with Crippen molar-refractivity contribution in [1.82, 2.24) is 14.8 Å². The molecule has 0 saturated carbocycles. The van der Waals surface area contributed by atoms with Crippen LogP contribution in [0.5, 0.6) is 5.75 Å². The Balaban J connectivity index is 1.70. The Morgan fingerprint density at radius 2 is 1.69 bits per heavy atom. The Kier molecular flexibility index (Phi) is 4.07. The van der Waals surface area contributed by atoms with Crippen LogP contribution in [-0.4, -0.2) is 21.9 Å². The second-order valence-electron chi connectivity index (χ2n) is 7.15. The van der Waals surface area contributed by atoms with Gasteiger partial charge < -0.3 is 10.1 Å². The van der Waals surface area contributed by atoms with Gasteiger partial charge in [-0.1, -0.05) is 35.9 Å². The van der Waals surface area contributed by atoms with E-state index in [1.165, 1.54) is 0 Å². The third-order valence-electron chi connectivity index (χ3n) is 5.33. The third-order valence-corrected chi connectivity index (χ3v) is 5.58. The molecular weight excluding hydrogens is 384 g/mol. The van der Waals surface area contributed by atoms with Crippen molar-refractivity contribution in [1.29, 1.82) is 0 Å². The molecule has 1 atom stereocenters. The van der Waals surface area contributed by atoms with Gasteiger partial charge in [0.15, 0.2) is 17.3 Å². The van der Waals surface area contributed by atoms with Gasteiger partial charge in [0.25, 0.3) is 0 Å². The summed E-state index contributed by atoms with van der Waals surface area (Å²) >= 11 is 6.12. The van der Waals surface area contributed by atoms with Gasteiger partial charge in [0.1, 0.15) is 5.75 Å². The maximum atomic E-state index is 6.12. The molecule has 4 aromatic rings. The number of rotatable bonds is 3. The number of nitrogens with one attached hydrogen (secondary N) is 1. The normalized spacial score (nSPS) is 17.2. The molecule has 0 radical (unpaired) electrons. The van der Waals surface area contributed by atoms with Crippen molar-refractivity contribution in [3.8, 4) is 28.5 Å². The number of fused-ring (bicyclic) bond motifs is 3. The smallest absolute Gasteiger partial charge is 0.181 e. The lowest BCUT2D eigenvalue weighted by molar-refractivity contribution is 0.404. The highest BCUT2D eigenvalue weighted by Crippen LogP contribution is 2.41. The molecule has 1 aliphatic rings. The topological polar surface area (TPSA) is 52.0 Å². The third kappa shape index (κ3) is 2.86. The second-order valence-corrected chi connectivity index (χ2v) is 7.59. The minimum Gasteiger partial charge on any atom is -0.497 e. The summed E-state index contributed by atoms with van der Waals surface area (Å²) in [6.07, 6.45) is 0. The van der Waals surface area contributed by atoms with Gasteiger partial charge in [-0.05, 0) is 61.0 Å². The molecule has 1 aromatic heterocycles. The predicted molar refractivity (Wildman–Crippen MR) is 115 cm³/mol. The molecule has 144 valence electrons. The van der Waals surface area contributed by atoms with E-state index in [4.69, 9.17) is 26.4 Å². The summed E-state index contributed by atoms with van der Waals surface area (Å²) in [5.74, 6) is 2.29. The largest absolute Gasteiger partial charge is 0.497 e. The minimum absolute atomic E-state index is 0.605. The van der Waals surface area contributed by atoms with Crippen LogP contribution in [0.4, 0.5) is 5.69 Å². The van der Waals surface area contributed by atoms with Gasteiger partial charge in [0.05, 0.1) is 7.11 Å². The molecule has 2 heterocycles. The van der Waals surface area contributed by atoms with Crippen LogP contribution in [0.25, 0.3) is 22.8 Å². The zero-order valence-electron chi connectivity index (χ0n) is 16.1. The van der Waals surface area contributed by atoms with Crippen LogP contribution in [0.2, 0.25) is 5.02 Å². The number of hydrogen-bond donors (Lipinski definition) is 1. The van der Waals surface area contributed by atoms with E-state index in [9.17, 15) is 0 Å². The number of nitrogens with zero attached hydrogens (tertiary/aromatic N) is 3. The molecule has 0 bridgehead atoms. The van der Waals surface area contributed by atoms with Crippen molar-refractivity contribution in [2.24, 2.45) is 0 Å². The summed E-state index contributed by atoms with van der Waals surface area (Å²) in [6.45, 7) is 2.10. The summed E-state index contributed by atoms with van der Waals surface area (Å²) in [6, 6.07) is 23.7. The van der Waals surface area contributed by atoms with E-state index < -0.39 is 5.66 Å². The summed E-state index contributed by atoms with van der Waals surface area (Å²) in [7, 11) is 1.66. The van der Waals surface area contributed by atoms with E-state index in [-0.39, 0.29) is 0 Å². The predicted octanol–water partition coefficient (Wildman–Crippen LogP) is 5.42. The van der Waals surface area contributed by atoms with Crippen molar-refractivity contribution in [3.63, 3.8) is 0 Å². The van der Waals surface area contributed by atoms with Gasteiger partial charge in [-0.25, -0.2) is 9.67 Å². The van der Waals surface area contributed by atoms with Gasteiger partial charge in [-0.3, -0.25) is 0 Å². The van der Waals surface area contributed by atoms with Crippen LogP contribution < -0.4 is 10.1 Å². The monoisotopic (exact) mass is 402 g/mol. The molecule has 5 nitrogen and oxygen atoms in total. The molecule has 0 aliphatic carbocycles. The summed E-state index contributed by atoms with van der Waals surface area (Å²) in [5.41, 5.74) is 3.41. The lowest BCUT2D eigenvalue weighted by Crippen LogP contribution is -2.43. The van der Waals surface area contributed by atoms with E-state index in [1.807, 2.05) is 65.3 Å². The molecule has 29 heavy (non-hydrogen) atoms. The molecule has 5 rings (SSSR count). The molecular formula is C23H19ClN4O. The first-order valence-electron chi connectivity index (χ1n) is 9.34. The summed E-state index contributed by atoms with van der Waals surface area (Å²) in [5, 5.41) is 9.24. The van der Waals surface area contributed by atoms with Crippen LogP contribution >= 0.6 is 11.6 Å². The van der Waals surface area contributed by atoms with Crippen LogP contribution in [0.15, 0.2) is 72.8 Å². The van der Waals surface area contributed by atoms with Crippen LogP contribution in [-0.2, 0) is 5.66 Å². The number of para-hydroxylation sites is 1. The lowest BCUT2D eigenvalue weighted by Gasteiger charge is -2.37. The van der Waals surface area contributed by atoms with Crippen molar-refractivity contribution < 1.29 is 4.74 Å². The molecule has 1 aliphatic heterocycles. The molecule has 1 N–H and O–H groups in total. The number of methoxy groups -OCH3 is 1. The average Bonchev–Trinajstić information content (AvgIpc) is 3.21. The zero-order valence-corrected chi connectivity index (χ0v) is 16.8. The highest BCUT2D eigenvalue weighted by Gasteiger charge is 2.38. The number of hydrogen-bond acceptors (Lipinski definition) is 4. The SMILES string of the molecule is COc1ccc(-c2nc3n(n2)[C@](C)(c2ccc(Cl)cc2)Nc2ccccc2-3)cc1. The molecule has 6 heteroatoms. The Morgan fingerprint density at radius 3 is 2.41 bits per heavy atom. The highest BCUT2D eigenvalue weighted by molar-refractivity contribution is 6.30. The van der Waals surface area contributed by atoms with Crippen LogP contribution in [0.3, 0.4) is 0 Å². The van der Waals surface area contributed by atoms with Crippen molar-refractivity contribution in [2.45, 2.75) is 12.6 Å². The standard InChI is InChI=1S/C23H19ClN4O/c1-23(16-9-11-17(24)12-10-16)26-20-6-4-3-5-19(20)22-25-21(27-28(22)23)15-7-13-18(29-2)14-8-15/h3-14,26H,1-2H3/t23-/m1/s1. The number of halogens is 1. The van der Waals surface area contributed by atoms with Crippen LogP contribution in [0.1, 0.15) is 12.5 Å². The Hall–Kier alpha value is -3.31. The van der Waals surface area contributed by atoms with Crippen LogP contribution in [0, 0.1) is 0 Å². The second kappa shape index (κ2) is 6.64. The fraction of sp³-hybridized carbons (Fsp3) is 0.130. The van der Waals surface area contributed by atoms with Gasteiger partial charge in [-0.15, -0.1) is 5.10 Å². The number of anilines is 1. The number of benzene rings is 3. The van der Waals surface area contributed by atoms with Crippen molar-refractivity contribution >= 4 is 17.3 Å². The van der Waals surface area contributed by atoms with Gasteiger partial charge >= 0.3 is 0 Å². The highest BCUT2D eigenvalue weighted by atomic mass is 35.5. The lowest BCUT2D eigenvalue weighted by atomic mass is 9.97. The first kappa shape index (κ1) is 17.8. The maximum Gasteiger partial charge on any atom is 0.181 e.